The van der Waals surface area contributed by atoms with E-state index in [0.717, 1.165) is 6.42 Å². The number of hydrogen-bond acceptors (Lipinski definition) is 5. The predicted octanol–water partition coefficient (Wildman–Crippen LogP) is 0.666. The van der Waals surface area contributed by atoms with Crippen molar-refractivity contribution in [3.8, 4) is 0 Å². The molecule has 1 unspecified atom stereocenters. The number of methoxy groups -OCH3 is 2. The molecule has 3 saturated carbocycles. The lowest BCUT2D eigenvalue weighted by Gasteiger charge is -2.26. The van der Waals surface area contributed by atoms with Crippen molar-refractivity contribution in [1.82, 2.24) is 0 Å². The van der Waals surface area contributed by atoms with Crippen molar-refractivity contribution < 1.29 is 23.9 Å². The van der Waals surface area contributed by atoms with Gasteiger partial charge in [0.05, 0.1) is 26.1 Å². The zero-order chi connectivity index (χ0) is 13.9. The second-order valence-corrected chi connectivity index (χ2v) is 5.95. The molecule has 7 atom stereocenters. The van der Waals surface area contributed by atoms with Crippen LogP contribution in [-0.4, -0.2) is 31.9 Å². The molecule has 2 bridgehead atoms. The van der Waals surface area contributed by atoms with Crippen LogP contribution in [0.15, 0.2) is 0 Å². The molecular formula is C14H18O5. The molecule has 0 heterocycles. The quantitative estimate of drug-likeness (QED) is 0.702. The van der Waals surface area contributed by atoms with E-state index in [1.165, 1.54) is 14.2 Å². The molecule has 3 fully saturated rings. The van der Waals surface area contributed by atoms with E-state index in [1.807, 2.05) is 0 Å². The molecule has 0 spiro atoms. The van der Waals surface area contributed by atoms with Crippen molar-refractivity contribution >= 4 is 17.7 Å². The van der Waals surface area contributed by atoms with Crippen molar-refractivity contribution in [3.63, 3.8) is 0 Å². The first-order valence-electron chi connectivity index (χ1n) is 6.69. The van der Waals surface area contributed by atoms with Gasteiger partial charge in [-0.1, -0.05) is 0 Å². The van der Waals surface area contributed by atoms with E-state index < -0.39 is 11.8 Å². The zero-order valence-electron chi connectivity index (χ0n) is 11.3. The topological polar surface area (TPSA) is 69.7 Å². The summed E-state index contributed by atoms with van der Waals surface area (Å²) in [7, 11) is 2.69. The Bertz CT molecular complexity index is 423. The van der Waals surface area contributed by atoms with Gasteiger partial charge < -0.3 is 9.47 Å². The molecule has 3 aliphatic carbocycles. The average Bonchev–Trinajstić information content (AvgIpc) is 2.92. The molecule has 0 aromatic rings. The number of hydrogen-bond donors (Lipinski definition) is 0. The molecule has 104 valence electrons. The Hall–Kier alpha value is -1.39. The van der Waals surface area contributed by atoms with Gasteiger partial charge in [0.1, 0.15) is 5.78 Å². The van der Waals surface area contributed by atoms with Gasteiger partial charge >= 0.3 is 11.9 Å². The summed E-state index contributed by atoms with van der Waals surface area (Å²) in [6.45, 7) is 1.60. The smallest absolute Gasteiger partial charge is 0.309 e. The molecule has 5 nitrogen and oxygen atoms in total. The number of Topliss-reactive ketones (excluding diaryl/α,β-unsaturated/α-hetero) is 1. The van der Waals surface area contributed by atoms with Gasteiger partial charge in [-0.2, -0.15) is 0 Å². The lowest BCUT2D eigenvalue weighted by molar-refractivity contribution is -0.160. The molecule has 0 aromatic heterocycles. The van der Waals surface area contributed by atoms with Crippen LogP contribution < -0.4 is 0 Å². The maximum absolute atomic E-state index is 12.0. The van der Waals surface area contributed by atoms with Crippen LogP contribution in [-0.2, 0) is 23.9 Å². The van der Waals surface area contributed by atoms with Crippen molar-refractivity contribution in [3.05, 3.63) is 0 Å². The molecule has 0 saturated heterocycles. The summed E-state index contributed by atoms with van der Waals surface area (Å²) in [6.07, 6.45) is 0.846. The first kappa shape index (κ1) is 12.6. The lowest BCUT2D eigenvalue weighted by Crippen LogP contribution is -2.37. The van der Waals surface area contributed by atoms with Crippen LogP contribution >= 0.6 is 0 Å². The molecule has 3 aliphatic rings. The van der Waals surface area contributed by atoms with Gasteiger partial charge in [0.15, 0.2) is 0 Å². The Morgan fingerprint density at radius 1 is 0.842 bits per heavy atom. The van der Waals surface area contributed by atoms with Gasteiger partial charge in [0, 0.05) is 5.92 Å². The number of ether oxygens (including phenoxy) is 2. The van der Waals surface area contributed by atoms with E-state index in [0.29, 0.717) is 0 Å². The van der Waals surface area contributed by atoms with Gasteiger partial charge in [0.2, 0.25) is 0 Å². The van der Waals surface area contributed by atoms with Gasteiger partial charge in [-0.15, -0.1) is 0 Å². The number of fused-ring (bicyclic) bond motifs is 5. The highest BCUT2D eigenvalue weighted by Crippen LogP contribution is 2.73. The highest BCUT2D eigenvalue weighted by atomic mass is 16.5. The van der Waals surface area contributed by atoms with Crippen molar-refractivity contribution in [1.29, 1.82) is 0 Å². The minimum absolute atomic E-state index is 0.0468. The number of esters is 2. The summed E-state index contributed by atoms with van der Waals surface area (Å²) in [5.74, 6) is -0.502. The summed E-state index contributed by atoms with van der Waals surface area (Å²) < 4.78 is 9.69. The first-order valence-corrected chi connectivity index (χ1v) is 6.69. The van der Waals surface area contributed by atoms with E-state index in [9.17, 15) is 14.4 Å². The lowest BCUT2D eigenvalue weighted by atomic mass is 9.79. The minimum Gasteiger partial charge on any atom is -0.469 e. The van der Waals surface area contributed by atoms with E-state index in [1.54, 1.807) is 6.92 Å². The molecule has 0 amide bonds. The van der Waals surface area contributed by atoms with Gasteiger partial charge in [0.25, 0.3) is 0 Å². The van der Waals surface area contributed by atoms with E-state index in [4.69, 9.17) is 9.47 Å². The molecule has 3 rings (SSSR count). The SMILES string of the molecule is COC(=O)[C@@H]1[C@H]2C[C@@H]([C@@H]1C(=O)OC)[C@@H]1C(C(C)=O)[C@H]21. The predicted molar refractivity (Wildman–Crippen MR) is 63.8 cm³/mol. The van der Waals surface area contributed by atoms with Crippen molar-refractivity contribution in [2.45, 2.75) is 13.3 Å². The maximum atomic E-state index is 12.0. The fourth-order valence-electron chi connectivity index (χ4n) is 4.85. The summed E-state index contributed by atoms with van der Waals surface area (Å²) in [5.41, 5.74) is 0. The monoisotopic (exact) mass is 266 g/mol. The Balaban J connectivity index is 1.90. The molecular weight excluding hydrogens is 248 g/mol. The largest absolute Gasteiger partial charge is 0.469 e. The molecule has 5 heteroatoms. The van der Waals surface area contributed by atoms with Crippen LogP contribution in [0.3, 0.4) is 0 Å². The summed E-state index contributed by atoms with van der Waals surface area (Å²) in [4.78, 5) is 35.5. The first-order chi connectivity index (χ1) is 9.02. The van der Waals surface area contributed by atoms with E-state index in [-0.39, 0.29) is 47.3 Å². The van der Waals surface area contributed by atoms with Gasteiger partial charge in [-0.3, -0.25) is 14.4 Å². The number of rotatable bonds is 3. The highest BCUT2D eigenvalue weighted by Gasteiger charge is 2.74. The van der Waals surface area contributed by atoms with Crippen molar-refractivity contribution in [2.24, 2.45) is 41.4 Å². The normalized spacial score (nSPS) is 45.5. The van der Waals surface area contributed by atoms with Gasteiger partial charge in [-0.25, -0.2) is 0 Å². The average molecular weight is 266 g/mol. The minimum atomic E-state index is -0.423. The highest BCUT2D eigenvalue weighted by molar-refractivity contribution is 5.87. The number of carbonyl (C=O) groups is 3. The Kier molecular flexibility index (Phi) is 2.69. The summed E-state index contributed by atoms with van der Waals surface area (Å²) >= 11 is 0. The second kappa shape index (κ2) is 4.05. The summed E-state index contributed by atoms with van der Waals surface area (Å²) in [5, 5.41) is 0. The standard InChI is InChI=1S/C14H18O5/c1-5(15)8-9-6-4-7(10(8)9)12(14(17)19-3)11(6)13(16)18-2/h6-12H,4H2,1-3H3/t6-,7+,8?,9-,10+,11+,12-. The zero-order valence-corrected chi connectivity index (χ0v) is 11.3. The third-order valence-electron chi connectivity index (χ3n) is 5.39. The molecule has 0 aliphatic heterocycles. The third kappa shape index (κ3) is 1.50. The van der Waals surface area contributed by atoms with Crippen molar-refractivity contribution in [2.75, 3.05) is 14.2 Å². The van der Waals surface area contributed by atoms with Crippen LogP contribution in [0, 0.1) is 41.4 Å². The second-order valence-electron chi connectivity index (χ2n) is 5.95. The number of carbonyl (C=O) groups excluding carboxylic acids is 3. The number of ketones is 1. The molecule has 0 radical (unpaired) electrons. The van der Waals surface area contributed by atoms with E-state index in [2.05, 4.69) is 0 Å². The Labute approximate surface area is 111 Å². The van der Waals surface area contributed by atoms with Crippen LogP contribution in [0.4, 0.5) is 0 Å². The molecule has 0 N–H and O–H groups in total. The summed E-state index contributed by atoms with van der Waals surface area (Å²) in [6, 6.07) is 0. The van der Waals surface area contributed by atoms with Crippen LogP contribution in [0.1, 0.15) is 13.3 Å². The molecule has 19 heavy (non-hydrogen) atoms. The van der Waals surface area contributed by atoms with Crippen LogP contribution in [0.25, 0.3) is 0 Å². The van der Waals surface area contributed by atoms with Gasteiger partial charge in [-0.05, 0) is 37.0 Å². The Morgan fingerprint density at radius 3 is 1.58 bits per heavy atom. The van der Waals surface area contributed by atoms with Crippen LogP contribution in [0.5, 0.6) is 0 Å². The molecule has 0 aromatic carbocycles. The maximum Gasteiger partial charge on any atom is 0.309 e. The van der Waals surface area contributed by atoms with E-state index >= 15 is 0 Å². The fourth-order valence-corrected chi connectivity index (χ4v) is 4.85. The fraction of sp³-hybridized carbons (Fsp3) is 0.786. The Morgan fingerprint density at radius 2 is 1.26 bits per heavy atom. The van der Waals surface area contributed by atoms with Crippen LogP contribution in [0.2, 0.25) is 0 Å². The third-order valence-corrected chi connectivity index (χ3v) is 5.39.